The largest absolute Gasteiger partial charge is 0.273 e. The van der Waals surface area contributed by atoms with Crippen molar-refractivity contribution >= 4 is 11.8 Å². The van der Waals surface area contributed by atoms with E-state index in [0.717, 1.165) is 24.8 Å². The van der Waals surface area contributed by atoms with Gasteiger partial charge in [-0.2, -0.15) is 0 Å². The zero-order valence-corrected chi connectivity index (χ0v) is 11.0. The van der Waals surface area contributed by atoms with Gasteiger partial charge in [0, 0.05) is 11.5 Å². The van der Waals surface area contributed by atoms with Crippen LogP contribution in [-0.4, -0.2) is 11.8 Å². The van der Waals surface area contributed by atoms with Gasteiger partial charge in [-0.05, 0) is 38.3 Å². The van der Waals surface area contributed by atoms with Crippen LogP contribution >= 0.6 is 0 Å². The van der Waals surface area contributed by atoms with Crippen molar-refractivity contribution in [3.05, 3.63) is 47.5 Å². The lowest BCUT2D eigenvalue weighted by Crippen LogP contribution is -2.44. The molecule has 100 valence electrons. The molecule has 2 amide bonds. The smallest absolute Gasteiger partial charge is 0.269 e. The molecule has 0 aliphatic heterocycles. The molecular weight excluding hydrogens is 240 g/mol. The van der Waals surface area contributed by atoms with Gasteiger partial charge in [0.2, 0.25) is 5.91 Å². The summed E-state index contributed by atoms with van der Waals surface area (Å²) < 4.78 is 0. The Kier molecular flexibility index (Phi) is 4.34. The summed E-state index contributed by atoms with van der Waals surface area (Å²) in [5.74, 6) is -0.451. The number of nitrogens with one attached hydrogen (secondary N) is 2. The van der Waals surface area contributed by atoms with Crippen molar-refractivity contribution in [1.82, 2.24) is 10.9 Å². The van der Waals surface area contributed by atoms with E-state index in [9.17, 15) is 9.59 Å². The molecule has 0 saturated carbocycles. The highest BCUT2D eigenvalue weighted by Gasteiger charge is 2.19. The van der Waals surface area contributed by atoms with Gasteiger partial charge in [0.15, 0.2) is 0 Å². The van der Waals surface area contributed by atoms with Gasteiger partial charge in [-0.15, -0.1) is 0 Å². The van der Waals surface area contributed by atoms with Crippen LogP contribution in [0.1, 0.15) is 35.2 Å². The molecular formula is C15H18N2O2. The second kappa shape index (κ2) is 6.18. The van der Waals surface area contributed by atoms with Crippen LogP contribution in [0.5, 0.6) is 0 Å². The summed E-state index contributed by atoms with van der Waals surface area (Å²) in [6.45, 7) is 1.96. The van der Waals surface area contributed by atoms with Crippen LogP contribution in [0.3, 0.4) is 0 Å². The topological polar surface area (TPSA) is 58.2 Å². The molecule has 2 N–H and O–H groups in total. The number of amides is 2. The van der Waals surface area contributed by atoms with Crippen molar-refractivity contribution in [3.8, 4) is 0 Å². The molecule has 1 aliphatic rings. The molecule has 0 radical (unpaired) electrons. The maximum Gasteiger partial charge on any atom is 0.269 e. The van der Waals surface area contributed by atoms with E-state index in [4.69, 9.17) is 0 Å². The number of benzene rings is 1. The summed E-state index contributed by atoms with van der Waals surface area (Å²) in [5, 5.41) is 0. The Morgan fingerprint density at radius 3 is 2.47 bits per heavy atom. The van der Waals surface area contributed by atoms with Crippen molar-refractivity contribution in [3.63, 3.8) is 0 Å². The number of allylic oxidation sites excluding steroid dienone is 2. The first kappa shape index (κ1) is 13.3. The van der Waals surface area contributed by atoms with Gasteiger partial charge in [-0.3, -0.25) is 20.4 Å². The summed E-state index contributed by atoms with van der Waals surface area (Å²) >= 11 is 0. The normalized spacial score (nSPS) is 17.8. The Hall–Kier alpha value is -2.10. The van der Waals surface area contributed by atoms with Gasteiger partial charge in [-0.1, -0.05) is 29.8 Å². The second-order valence-electron chi connectivity index (χ2n) is 4.79. The van der Waals surface area contributed by atoms with E-state index in [1.807, 2.05) is 25.1 Å². The molecule has 0 heterocycles. The second-order valence-corrected chi connectivity index (χ2v) is 4.79. The number of hydrogen-bond donors (Lipinski definition) is 2. The summed E-state index contributed by atoms with van der Waals surface area (Å²) in [7, 11) is 0. The van der Waals surface area contributed by atoms with Crippen LogP contribution in [0.15, 0.2) is 36.4 Å². The van der Waals surface area contributed by atoms with Crippen LogP contribution in [0.25, 0.3) is 0 Å². The Morgan fingerprint density at radius 1 is 1.11 bits per heavy atom. The van der Waals surface area contributed by atoms with E-state index >= 15 is 0 Å². The van der Waals surface area contributed by atoms with Gasteiger partial charge in [0.1, 0.15) is 0 Å². The zero-order chi connectivity index (χ0) is 13.7. The molecule has 4 nitrogen and oxygen atoms in total. The quantitative estimate of drug-likeness (QED) is 0.630. The predicted molar refractivity (Wildman–Crippen MR) is 73.3 cm³/mol. The Balaban J connectivity index is 1.84. The lowest BCUT2D eigenvalue weighted by molar-refractivity contribution is -0.126. The summed E-state index contributed by atoms with van der Waals surface area (Å²) in [5.41, 5.74) is 6.57. The highest BCUT2D eigenvalue weighted by atomic mass is 16.2. The molecule has 0 saturated heterocycles. The van der Waals surface area contributed by atoms with E-state index in [1.165, 1.54) is 0 Å². The van der Waals surface area contributed by atoms with Crippen molar-refractivity contribution in [2.24, 2.45) is 5.92 Å². The van der Waals surface area contributed by atoms with Gasteiger partial charge in [0.25, 0.3) is 5.91 Å². The third kappa shape index (κ3) is 3.68. The Morgan fingerprint density at radius 2 is 1.84 bits per heavy atom. The molecule has 1 aromatic rings. The average molecular weight is 258 g/mol. The van der Waals surface area contributed by atoms with Crippen LogP contribution in [0, 0.1) is 12.8 Å². The molecule has 0 fully saturated rings. The molecule has 0 bridgehead atoms. The molecule has 1 atom stereocenters. The zero-order valence-electron chi connectivity index (χ0n) is 11.0. The standard InChI is InChI=1S/C15H18N2O2/c1-11-7-9-13(10-8-11)15(19)17-16-14(18)12-5-3-2-4-6-12/h2-3,7-10,12H,4-6H2,1H3,(H,16,18)(H,17,19). The molecule has 0 spiro atoms. The minimum absolute atomic E-state index is 0.0386. The first-order chi connectivity index (χ1) is 9.16. The molecule has 19 heavy (non-hydrogen) atoms. The van der Waals surface area contributed by atoms with Crippen molar-refractivity contribution in [2.75, 3.05) is 0 Å². The van der Waals surface area contributed by atoms with Gasteiger partial charge in [0.05, 0.1) is 0 Å². The van der Waals surface area contributed by atoms with E-state index in [0.29, 0.717) is 5.56 Å². The molecule has 4 heteroatoms. The monoisotopic (exact) mass is 258 g/mol. The lowest BCUT2D eigenvalue weighted by Gasteiger charge is -2.17. The SMILES string of the molecule is Cc1ccc(C(=O)NNC(=O)C2CC=CCC2)cc1. The van der Waals surface area contributed by atoms with E-state index in [2.05, 4.69) is 16.9 Å². The number of aryl methyl sites for hydroxylation is 1. The van der Waals surface area contributed by atoms with Crippen LogP contribution < -0.4 is 10.9 Å². The number of rotatable bonds is 2. The fourth-order valence-electron chi connectivity index (χ4n) is 2.03. The van der Waals surface area contributed by atoms with Crippen LogP contribution in [0.2, 0.25) is 0 Å². The summed E-state index contributed by atoms with van der Waals surface area (Å²) in [4.78, 5) is 23.6. The molecule has 1 unspecified atom stereocenters. The van der Waals surface area contributed by atoms with E-state index in [1.54, 1.807) is 12.1 Å². The van der Waals surface area contributed by atoms with E-state index < -0.39 is 0 Å². The first-order valence-electron chi connectivity index (χ1n) is 6.48. The number of hydrogen-bond acceptors (Lipinski definition) is 2. The number of hydrazine groups is 1. The summed E-state index contributed by atoms with van der Waals surface area (Å²) in [6.07, 6.45) is 6.59. The third-order valence-electron chi connectivity index (χ3n) is 3.25. The van der Waals surface area contributed by atoms with Crippen LogP contribution in [-0.2, 0) is 4.79 Å². The lowest BCUT2D eigenvalue weighted by atomic mass is 9.94. The molecule has 0 aromatic heterocycles. The number of carbonyl (C=O) groups is 2. The predicted octanol–water partition coefficient (Wildman–Crippen LogP) is 2.11. The molecule has 1 aromatic carbocycles. The Labute approximate surface area is 112 Å². The summed E-state index contributed by atoms with van der Waals surface area (Å²) in [6, 6.07) is 7.20. The van der Waals surface area contributed by atoms with Crippen molar-refractivity contribution < 1.29 is 9.59 Å². The fraction of sp³-hybridized carbons (Fsp3) is 0.333. The minimum atomic E-state index is -0.292. The maximum atomic E-state index is 11.8. The molecule has 1 aliphatic carbocycles. The van der Waals surface area contributed by atoms with Crippen molar-refractivity contribution in [1.29, 1.82) is 0 Å². The maximum absolute atomic E-state index is 11.8. The van der Waals surface area contributed by atoms with Gasteiger partial charge < -0.3 is 0 Å². The van der Waals surface area contributed by atoms with Crippen molar-refractivity contribution in [2.45, 2.75) is 26.2 Å². The van der Waals surface area contributed by atoms with Gasteiger partial charge >= 0.3 is 0 Å². The fourth-order valence-corrected chi connectivity index (χ4v) is 2.03. The van der Waals surface area contributed by atoms with Gasteiger partial charge in [-0.25, -0.2) is 0 Å². The highest BCUT2D eigenvalue weighted by Crippen LogP contribution is 2.17. The third-order valence-corrected chi connectivity index (χ3v) is 3.25. The first-order valence-corrected chi connectivity index (χ1v) is 6.48. The highest BCUT2D eigenvalue weighted by molar-refractivity contribution is 5.95. The average Bonchev–Trinajstić information content (AvgIpc) is 2.46. The van der Waals surface area contributed by atoms with Crippen LogP contribution in [0.4, 0.5) is 0 Å². The number of carbonyl (C=O) groups excluding carboxylic acids is 2. The minimum Gasteiger partial charge on any atom is -0.273 e. The molecule has 2 rings (SSSR count). The van der Waals surface area contributed by atoms with E-state index in [-0.39, 0.29) is 17.7 Å². The Bertz CT molecular complexity index is 491.